The van der Waals surface area contributed by atoms with E-state index in [0.29, 0.717) is 30.2 Å². The molecular formula is C22H30FN3O3S. The van der Waals surface area contributed by atoms with Crippen LogP contribution in [0, 0.1) is 12.7 Å². The van der Waals surface area contributed by atoms with Crippen molar-refractivity contribution in [1.82, 2.24) is 10.6 Å². The predicted molar refractivity (Wildman–Crippen MR) is 119 cm³/mol. The number of nitrogens with one attached hydrogen (secondary N) is 2. The maximum Gasteiger partial charge on any atom is 0.191 e. The van der Waals surface area contributed by atoms with E-state index in [1.54, 1.807) is 0 Å². The highest BCUT2D eigenvalue weighted by Gasteiger charge is 2.11. The lowest BCUT2D eigenvalue weighted by Crippen LogP contribution is -2.41. The van der Waals surface area contributed by atoms with Crippen molar-refractivity contribution in [2.24, 2.45) is 4.99 Å². The van der Waals surface area contributed by atoms with Crippen LogP contribution in [0.5, 0.6) is 5.75 Å². The van der Waals surface area contributed by atoms with Crippen LogP contribution in [0.2, 0.25) is 0 Å². The smallest absolute Gasteiger partial charge is 0.191 e. The number of rotatable bonds is 9. The molecule has 0 aliphatic carbocycles. The van der Waals surface area contributed by atoms with Gasteiger partial charge in [0.2, 0.25) is 0 Å². The van der Waals surface area contributed by atoms with E-state index in [4.69, 9.17) is 4.74 Å². The fourth-order valence-electron chi connectivity index (χ4n) is 2.87. The zero-order valence-corrected chi connectivity index (χ0v) is 18.7. The second kappa shape index (κ2) is 11.0. The maximum absolute atomic E-state index is 13.7. The summed E-state index contributed by atoms with van der Waals surface area (Å²) in [4.78, 5) is 4.49. The van der Waals surface area contributed by atoms with Crippen LogP contribution in [-0.4, -0.2) is 39.8 Å². The van der Waals surface area contributed by atoms with Crippen LogP contribution >= 0.6 is 0 Å². The topological polar surface area (TPSA) is 79.8 Å². The molecule has 0 aliphatic heterocycles. The maximum atomic E-state index is 13.7. The number of aryl methyl sites for hydroxylation is 1. The molecule has 1 unspecified atom stereocenters. The number of guanidine groups is 1. The number of hydrogen-bond acceptors (Lipinski definition) is 4. The Morgan fingerprint density at radius 1 is 1.17 bits per heavy atom. The molecule has 2 rings (SSSR count). The first-order chi connectivity index (χ1) is 14.2. The highest BCUT2D eigenvalue weighted by Crippen LogP contribution is 2.16. The van der Waals surface area contributed by atoms with E-state index in [2.05, 4.69) is 15.6 Å². The van der Waals surface area contributed by atoms with Crippen molar-refractivity contribution in [3.05, 3.63) is 65.0 Å². The largest absolute Gasteiger partial charge is 0.489 e. The zero-order valence-electron chi connectivity index (χ0n) is 17.9. The van der Waals surface area contributed by atoms with Crippen molar-refractivity contribution in [3.8, 4) is 5.75 Å². The molecule has 0 aromatic heterocycles. The Labute approximate surface area is 178 Å². The molecule has 6 nitrogen and oxygen atoms in total. The van der Waals surface area contributed by atoms with Crippen molar-refractivity contribution < 1.29 is 17.5 Å². The molecule has 0 fully saturated rings. The second-order valence-electron chi connectivity index (χ2n) is 7.30. The van der Waals surface area contributed by atoms with Crippen molar-refractivity contribution >= 4 is 15.8 Å². The Kier molecular flexibility index (Phi) is 8.65. The second-order valence-corrected chi connectivity index (χ2v) is 9.44. The van der Waals surface area contributed by atoms with Crippen LogP contribution in [0.4, 0.5) is 4.39 Å². The standard InChI is InChI=1S/C22H30FN3O3S/c1-5-24-22(25-13-17(3)29-21-8-6-7-16(2)11-21)26-14-19-12-20(23)10-9-18(19)15-30(4,27)28/h6-12,17H,5,13-15H2,1-4H3,(H2,24,25,26). The summed E-state index contributed by atoms with van der Waals surface area (Å²) in [5.74, 6) is 0.780. The third kappa shape index (κ3) is 8.41. The van der Waals surface area contributed by atoms with Gasteiger partial charge in [0.05, 0.1) is 18.8 Å². The van der Waals surface area contributed by atoms with E-state index in [-0.39, 0.29) is 18.4 Å². The molecule has 164 valence electrons. The molecule has 2 N–H and O–H groups in total. The van der Waals surface area contributed by atoms with Crippen LogP contribution in [0.3, 0.4) is 0 Å². The summed E-state index contributed by atoms with van der Waals surface area (Å²) >= 11 is 0. The fraction of sp³-hybridized carbons (Fsp3) is 0.409. The average Bonchev–Trinajstić information content (AvgIpc) is 2.65. The van der Waals surface area contributed by atoms with Crippen molar-refractivity contribution in [3.63, 3.8) is 0 Å². The third-order valence-electron chi connectivity index (χ3n) is 4.22. The third-order valence-corrected chi connectivity index (χ3v) is 5.06. The predicted octanol–water partition coefficient (Wildman–Crippen LogP) is 3.20. The number of ether oxygens (including phenoxy) is 1. The van der Waals surface area contributed by atoms with Crippen molar-refractivity contribution in [2.45, 2.75) is 39.2 Å². The number of nitrogens with zero attached hydrogens (tertiary/aromatic N) is 1. The molecule has 1 atom stereocenters. The van der Waals surface area contributed by atoms with E-state index in [1.165, 1.54) is 18.2 Å². The molecule has 0 spiro atoms. The lowest BCUT2D eigenvalue weighted by atomic mass is 10.1. The number of hydrogen-bond donors (Lipinski definition) is 2. The first-order valence-electron chi connectivity index (χ1n) is 9.87. The lowest BCUT2D eigenvalue weighted by Gasteiger charge is -2.18. The molecule has 0 heterocycles. The Bertz CT molecular complexity index is 977. The van der Waals surface area contributed by atoms with Crippen LogP contribution in [-0.2, 0) is 22.1 Å². The molecule has 30 heavy (non-hydrogen) atoms. The van der Waals surface area contributed by atoms with Gasteiger partial charge in [-0.1, -0.05) is 18.2 Å². The fourth-order valence-corrected chi connectivity index (χ4v) is 3.72. The van der Waals surface area contributed by atoms with Crippen LogP contribution in [0.25, 0.3) is 0 Å². The first-order valence-corrected chi connectivity index (χ1v) is 11.9. The van der Waals surface area contributed by atoms with Crippen molar-refractivity contribution in [2.75, 3.05) is 19.3 Å². The van der Waals surface area contributed by atoms with Gasteiger partial charge in [0, 0.05) is 12.8 Å². The van der Waals surface area contributed by atoms with Gasteiger partial charge >= 0.3 is 0 Å². The first kappa shape index (κ1) is 23.7. The summed E-state index contributed by atoms with van der Waals surface area (Å²) in [6.45, 7) is 7.23. The van der Waals surface area contributed by atoms with Crippen LogP contribution in [0.15, 0.2) is 47.5 Å². The van der Waals surface area contributed by atoms with E-state index in [0.717, 1.165) is 17.6 Å². The summed E-state index contributed by atoms with van der Waals surface area (Å²) in [5.41, 5.74) is 2.22. The van der Waals surface area contributed by atoms with Gasteiger partial charge < -0.3 is 15.4 Å². The van der Waals surface area contributed by atoms with Gasteiger partial charge in [0.1, 0.15) is 17.7 Å². The highest BCUT2D eigenvalue weighted by molar-refractivity contribution is 7.89. The summed E-state index contributed by atoms with van der Waals surface area (Å²) < 4.78 is 42.9. The number of sulfone groups is 1. The van der Waals surface area contributed by atoms with E-state index < -0.39 is 15.7 Å². The van der Waals surface area contributed by atoms with Gasteiger partial charge in [0.15, 0.2) is 15.8 Å². The quantitative estimate of drug-likeness (QED) is 0.467. The molecule has 0 aliphatic rings. The summed E-state index contributed by atoms with van der Waals surface area (Å²) in [6, 6.07) is 11.9. The van der Waals surface area contributed by atoms with E-state index >= 15 is 0 Å². The van der Waals surface area contributed by atoms with Gasteiger partial charge in [-0.25, -0.2) is 17.8 Å². The normalized spacial score (nSPS) is 13.0. The van der Waals surface area contributed by atoms with Crippen LogP contribution < -0.4 is 15.4 Å². The van der Waals surface area contributed by atoms with Gasteiger partial charge in [-0.15, -0.1) is 0 Å². The lowest BCUT2D eigenvalue weighted by molar-refractivity contribution is 0.223. The van der Waals surface area contributed by atoms with Crippen molar-refractivity contribution in [1.29, 1.82) is 0 Å². The monoisotopic (exact) mass is 435 g/mol. The van der Waals surface area contributed by atoms with Gasteiger partial charge in [-0.3, -0.25) is 0 Å². The minimum atomic E-state index is -3.23. The average molecular weight is 436 g/mol. The molecule has 0 amide bonds. The Hall–Kier alpha value is -2.61. The molecule has 2 aromatic rings. The summed E-state index contributed by atoms with van der Waals surface area (Å²) in [5, 5.41) is 6.34. The Balaban J connectivity index is 2.04. The minimum absolute atomic E-state index is 0.106. The van der Waals surface area contributed by atoms with Gasteiger partial charge in [-0.05, 0) is 61.7 Å². The highest BCUT2D eigenvalue weighted by atomic mass is 32.2. The number of halogens is 1. The molecule has 0 radical (unpaired) electrons. The SMILES string of the molecule is CCNC(=NCc1cc(F)ccc1CS(C)(=O)=O)NCC(C)Oc1cccc(C)c1. The van der Waals surface area contributed by atoms with Crippen LogP contribution in [0.1, 0.15) is 30.5 Å². The zero-order chi connectivity index (χ0) is 22.1. The Morgan fingerprint density at radius 2 is 1.93 bits per heavy atom. The minimum Gasteiger partial charge on any atom is -0.489 e. The molecule has 0 saturated heterocycles. The van der Waals surface area contributed by atoms with Gasteiger partial charge in [-0.2, -0.15) is 0 Å². The summed E-state index contributed by atoms with van der Waals surface area (Å²) in [7, 11) is -3.23. The molecule has 0 saturated carbocycles. The Morgan fingerprint density at radius 3 is 2.60 bits per heavy atom. The van der Waals surface area contributed by atoms with E-state index in [9.17, 15) is 12.8 Å². The molecule has 0 bridgehead atoms. The molecular weight excluding hydrogens is 405 g/mol. The molecule has 8 heteroatoms. The number of aliphatic imine (C=N–C) groups is 1. The number of benzene rings is 2. The van der Waals surface area contributed by atoms with Gasteiger partial charge in [0.25, 0.3) is 0 Å². The van der Waals surface area contributed by atoms with E-state index in [1.807, 2.05) is 45.0 Å². The summed E-state index contributed by atoms with van der Waals surface area (Å²) in [6.07, 6.45) is 1.05. The molecule has 2 aromatic carbocycles.